The monoisotopic (exact) mass is 215 g/mol. The summed E-state index contributed by atoms with van der Waals surface area (Å²) >= 11 is 0. The molecule has 16 heavy (non-hydrogen) atoms. The molecule has 1 aromatic carbocycles. The maximum Gasteiger partial charge on any atom is 0.249 e. The highest BCUT2D eigenvalue weighted by molar-refractivity contribution is 5.99. The normalized spacial score (nSPS) is 15.8. The molecule has 2 N–H and O–H groups in total. The van der Waals surface area contributed by atoms with Crippen LogP contribution in [0.4, 0.5) is 0 Å². The van der Waals surface area contributed by atoms with Crippen molar-refractivity contribution in [3.8, 4) is 0 Å². The second-order valence-corrected chi connectivity index (χ2v) is 3.88. The lowest BCUT2D eigenvalue weighted by Crippen LogP contribution is -2.14. The van der Waals surface area contributed by atoms with Gasteiger partial charge in [0.2, 0.25) is 5.91 Å². The molecular formula is C13H13NO2. The van der Waals surface area contributed by atoms with Gasteiger partial charge in [-0.25, -0.2) is 0 Å². The Bertz CT molecular complexity index is 475. The second-order valence-electron chi connectivity index (χ2n) is 3.88. The van der Waals surface area contributed by atoms with E-state index in [2.05, 4.69) is 0 Å². The molecule has 0 aromatic heterocycles. The number of amides is 1. The van der Waals surface area contributed by atoms with E-state index in [9.17, 15) is 9.59 Å². The number of Topliss-reactive ketones (excluding diaryl/α,β-unsaturated/α-hetero) is 1. The predicted octanol–water partition coefficient (Wildman–Crippen LogP) is 1.92. The largest absolute Gasteiger partial charge is 0.366 e. The quantitative estimate of drug-likeness (QED) is 0.819. The summed E-state index contributed by atoms with van der Waals surface area (Å²) in [6.45, 7) is 0. The number of hydrogen-bond donors (Lipinski definition) is 1. The summed E-state index contributed by atoms with van der Waals surface area (Å²) in [5.74, 6) is -0.172. The molecule has 3 nitrogen and oxygen atoms in total. The zero-order valence-electron chi connectivity index (χ0n) is 8.90. The average molecular weight is 215 g/mol. The lowest BCUT2D eigenvalue weighted by Gasteiger charge is -2.14. The van der Waals surface area contributed by atoms with Crippen LogP contribution in [0.25, 0.3) is 5.57 Å². The van der Waals surface area contributed by atoms with Gasteiger partial charge in [0.05, 0.1) is 0 Å². The smallest absolute Gasteiger partial charge is 0.249 e. The van der Waals surface area contributed by atoms with Crippen molar-refractivity contribution in [2.45, 2.75) is 19.3 Å². The molecule has 0 aliphatic heterocycles. The first-order chi connectivity index (χ1) is 7.68. The number of benzene rings is 1. The van der Waals surface area contributed by atoms with Crippen LogP contribution < -0.4 is 5.73 Å². The van der Waals surface area contributed by atoms with Crippen molar-refractivity contribution in [3.05, 3.63) is 41.5 Å². The summed E-state index contributed by atoms with van der Waals surface area (Å²) < 4.78 is 0. The van der Waals surface area contributed by atoms with Crippen molar-refractivity contribution in [2.75, 3.05) is 0 Å². The zero-order chi connectivity index (χ0) is 11.5. The number of primary amides is 1. The predicted molar refractivity (Wildman–Crippen MR) is 61.8 cm³/mol. The second kappa shape index (κ2) is 4.31. The van der Waals surface area contributed by atoms with Crippen molar-refractivity contribution >= 4 is 17.3 Å². The maximum absolute atomic E-state index is 11.3. The van der Waals surface area contributed by atoms with Crippen LogP contribution in [-0.2, 0) is 4.79 Å². The Balaban J connectivity index is 2.40. The molecule has 2 rings (SSSR count). The molecule has 1 aliphatic carbocycles. The van der Waals surface area contributed by atoms with Gasteiger partial charge in [-0.2, -0.15) is 0 Å². The first-order valence-electron chi connectivity index (χ1n) is 5.28. The number of carbonyl (C=O) groups excluding carboxylic acids is 2. The van der Waals surface area contributed by atoms with E-state index in [0.717, 1.165) is 11.1 Å². The minimum absolute atomic E-state index is 0.250. The third kappa shape index (κ3) is 2.03. The SMILES string of the molecule is NC(=O)c1ccccc1C1=CCC(=O)CC1. The van der Waals surface area contributed by atoms with E-state index in [1.807, 2.05) is 18.2 Å². The van der Waals surface area contributed by atoms with E-state index in [4.69, 9.17) is 5.73 Å². The Morgan fingerprint density at radius 2 is 1.94 bits per heavy atom. The molecule has 0 saturated heterocycles. The third-order valence-electron chi connectivity index (χ3n) is 2.79. The zero-order valence-corrected chi connectivity index (χ0v) is 8.90. The Hall–Kier alpha value is -1.90. The van der Waals surface area contributed by atoms with Crippen LogP contribution in [0.15, 0.2) is 30.3 Å². The Kier molecular flexibility index (Phi) is 2.86. The van der Waals surface area contributed by atoms with Gasteiger partial charge < -0.3 is 5.73 Å². The average Bonchev–Trinajstić information content (AvgIpc) is 2.30. The molecule has 0 atom stereocenters. The molecule has 1 aliphatic rings. The van der Waals surface area contributed by atoms with E-state index in [1.54, 1.807) is 12.1 Å². The van der Waals surface area contributed by atoms with Gasteiger partial charge in [0.25, 0.3) is 0 Å². The van der Waals surface area contributed by atoms with Gasteiger partial charge in [0.15, 0.2) is 0 Å². The number of allylic oxidation sites excluding steroid dienone is 2. The van der Waals surface area contributed by atoms with Crippen LogP contribution in [0.2, 0.25) is 0 Å². The molecule has 0 bridgehead atoms. The van der Waals surface area contributed by atoms with Crippen LogP contribution in [0.3, 0.4) is 0 Å². The van der Waals surface area contributed by atoms with Crippen LogP contribution in [-0.4, -0.2) is 11.7 Å². The van der Waals surface area contributed by atoms with Crippen LogP contribution in [0.1, 0.15) is 35.2 Å². The third-order valence-corrected chi connectivity index (χ3v) is 2.79. The molecule has 0 saturated carbocycles. The van der Waals surface area contributed by atoms with Crippen LogP contribution in [0.5, 0.6) is 0 Å². The fourth-order valence-corrected chi connectivity index (χ4v) is 1.94. The summed E-state index contributed by atoms with van der Waals surface area (Å²) in [5, 5.41) is 0. The first kappa shape index (κ1) is 10.6. The lowest BCUT2D eigenvalue weighted by molar-refractivity contribution is -0.118. The Morgan fingerprint density at radius 3 is 2.56 bits per heavy atom. The fourth-order valence-electron chi connectivity index (χ4n) is 1.94. The highest BCUT2D eigenvalue weighted by Gasteiger charge is 2.15. The van der Waals surface area contributed by atoms with E-state index in [0.29, 0.717) is 24.8 Å². The fraction of sp³-hybridized carbons (Fsp3) is 0.231. The van der Waals surface area contributed by atoms with Crippen molar-refractivity contribution in [1.29, 1.82) is 0 Å². The number of nitrogens with two attached hydrogens (primary N) is 1. The molecular weight excluding hydrogens is 202 g/mol. The number of carbonyl (C=O) groups is 2. The molecule has 0 spiro atoms. The van der Waals surface area contributed by atoms with Crippen molar-refractivity contribution in [2.24, 2.45) is 5.73 Å². The molecule has 82 valence electrons. The topological polar surface area (TPSA) is 60.2 Å². The molecule has 1 amide bonds. The molecule has 0 fully saturated rings. The van der Waals surface area contributed by atoms with Gasteiger partial charge in [0.1, 0.15) is 5.78 Å². The van der Waals surface area contributed by atoms with E-state index >= 15 is 0 Å². The molecule has 0 heterocycles. The highest BCUT2D eigenvalue weighted by Crippen LogP contribution is 2.27. The van der Waals surface area contributed by atoms with Gasteiger partial charge in [0, 0.05) is 18.4 Å². The molecule has 3 heteroatoms. The van der Waals surface area contributed by atoms with E-state index < -0.39 is 5.91 Å². The Labute approximate surface area is 94.0 Å². The summed E-state index contributed by atoms with van der Waals surface area (Å²) in [5.41, 5.74) is 7.76. The molecule has 0 unspecified atom stereocenters. The number of ketones is 1. The summed E-state index contributed by atoms with van der Waals surface area (Å²) in [6.07, 6.45) is 3.61. The van der Waals surface area contributed by atoms with Gasteiger partial charge in [-0.3, -0.25) is 9.59 Å². The standard InChI is InChI=1S/C13H13NO2/c14-13(16)12-4-2-1-3-11(12)9-5-7-10(15)8-6-9/h1-5H,6-8H2,(H2,14,16). The Morgan fingerprint density at radius 1 is 1.19 bits per heavy atom. The molecule has 1 aromatic rings. The minimum atomic E-state index is -0.423. The first-order valence-corrected chi connectivity index (χ1v) is 5.28. The van der Waals surface area contributed by atoms with Crippen molar-refractivity contribution < 1.29 is 9.59 Å². The van der Waals surface area contributed by atoms with Crippen LogP contribution >= 0.6 is 0 Å². The van der Waals surface area contributed by atoms with E-state index in [-0.39, 0.29) is 5.78 Å². The number of hydrogen-bond acceptors (Lipinski definition) is 2. The highest BCUT2D eigenvalue weighted by atomic mass is 16.1. The van der Waals surface area contributed by atoms with Gasteiger partial charge in [-0.1, -0.05) is 24.3 Å². The number of rotatable bonds is 2. The minimum Gasteiger partial charge on any atom is -0.366 e. The van der Waals surface area contributed by atoms with Gasteiger partial charge in [-0.05, 0) is 23.6 Å². The summed E-state index contributed by atoms with van der Waals surface area (Å²) in [4.78, 5) is 22.4. The van der Waals surface area contributed by atoms with E-state index in [1.165, 1.54) is 0 Å². The lowest BCUT2D eigenvalue weighted by atomic mass is 9.90. The van der Waals surface area contributed by atoms with Gasteiger partial charge >= 0.3 is 0 Å². The summed E-state index contributed by atoms with van der Waals surface area (Å²) in [6, 6.07) is 7.26. The maximum atomic E-state index is 11.3. The molecule has 0 radical (unpaired) electrons. The van der Waals surface area contributed by atoms with Gasteiger partial charge in [-0.15, -0.1) is 0 Å². The summed E-state index contributed by atoms with van der Waals surface area (Å²) in [7, 11) is 0. The van der Waals surface area contributed by atoms with Crippen molar-refractivity contribution in [3.63, 3.8) is 0 Å². The van der Waals surface area contributed by atoms with Crippen LogP contribution in [0, 0.1) is 0 Å². The van der Waals surface area contributed by atoms with Crippen molar-refractivity contribution in [1.82, 2.24) is 0 Å².